The van der Waals surface area contributed by atoms with E-state index in [1.807, 2.05) is 35.2 Å². The largest absolute Gasteiger partial charge is 0.486 e. The number of carbonyl (C=O) groups excluding carboxylic acids is 1. The fourth-order valence-corrected chi connectivity index (χ4v) is 3.91. The molecule has 1 unspecified atom stereocenters. The number of hydrogen-bond donors (Lipinski definition) is 2. The smallest absolute Gasteiger partial charge is 0.222 e. The predicted molar refractivity (Wildman–Crippen MR) is 121 cm³/mol. The third-order valence-corrected chi connectivity index (χ3v) is 5.63. The maximum atomic E-state index is 12.6. The molecule has 7 nitrogen and oxygen atoms in total. The van der Waals surface area contributed by atoms with Gasteiger partial charge in [0.15, 0.2) is 17.5 Å². The molecule has 0 saturated carbocycles. The van der Waals surface area contributed by atoms with E-state index in [4.69, 9.17) is 9.47 Å². The van der Waals surface area contributed by atoms with E-state index >= 15 is 0 Å². The normalized spacial score (nSPS) is 17.6. The van der Waals surface area contributed by atoms with Crippen LogP contribution in [0.1, 0.15) is 24.0 Å². The Balaban J connectivity index is 1.14. The third kappa shape index (κ3) is 5.48. The molecule has 31 heavy (non-hydrogen) atoms. The number of guanidine groups is 1. The number of hydrogen-bond acceptors (Lipinski definition) is 4. The van der Waals surface area contributed by atoms with Gasteiger partial charge in [0, 0.05) is 33.1 Å². The van der Waals surface area contributed by atoms with E-state index in [0.717, 1.165) is 37.4 Å². The van der Waals surface area contributed by atoms with Gasteiger partial charge in [0.1, 0.15) is 12.7 Å². The topological polar surface area (TPSA) is 75.2 Å². The van der Waals surface area contributed by atoms with E-state index in [0.29, 0.717) is 32.1 Å². The molecule has 0 spiro atoms. The van der Waals surface area contributed by atoms with Gasteiger partial charge >= 0.3 is 0 Å². The average molecular weight is 423 g/mol. The minimum Gasteiger partial charge on any atom is -0.486 e. The lowest BCUT2D eigenvalue weighted by atomic mass is 9.99. The molecular weight excluding hydrogens is 392 g/mol. The SMILES string of the molecule is CN=C(NCCCC(=O)N1CCc2ccccc2C1)NCC1COc2ccccc2O1. The predicted octanol–water partition coefficient (Wildman–Crippen LogP) is 2.36. The Labute approximate surface area is 183 Å². The number of carbonyl (C=O) groups is 1. The molecule has 7 heteroatoms. The highest BCUT2D eigenvalue weighted by Gasteiger charge is 2.21. The summed E-state index contributed by atoms with van der Waals surface area (Å²) in [5, 5.41) is 6.54. The van der Waals surface area contributed by atoms with Crippen LogP contribution in [0.3, 0.4) is 0 Å². The first-order valence-corrected chi connectivity index (χ1v) is 10.9. The number of ether oxygens (including phenoxy) is 2. The van der Waals surface area contributed by atoms with Crippen LogP contribution in [0, 0.1) is 0 Å². The maximum absolute atomic E-state index is 12.6. The van der Waals surface area contributed by atoms with Crippen LogP contribution >= 0.6 is 0 Å². The lowest BCUT2D eigenvalue weighted by Crippen LogP contribution is -2.45. The highest BCUT2D eigenvalue weighted by atomic mass is 16.6. The summed E-state index contributed by atoms with van der Waals surface area (Å²) in [4.78, 5) is 18.8. The first-order chi connectivity index (χ1) is 15.2. The van der Waals surface area contributed by atoms with Crippen molar-refractivity contribution in [2.24, 2.45) is 4.99 Å². The van der Waals surface area contributed by atoms with Crippen LogP contribution in [-0.2, 0) is 17.8 Å². The monoisotopic (exact) mass is 422 g/mol. The van der Waals surface area contributed by atoms with Crippen molar-refractivity contribution in [3.63, 3.8) is 0 Å². The summed E-state index contributed by atoms with van der Waals surface area (Å²) in [7, 11) is 1.74. The van der Waals surface area contributed by atoms with E-state index in [9.17, 15) is 4.79 Å². The molecule has 0 fully saturated rings. The fourth-order valence-electron chi connectivity index (χ4n) is 3.91. The number of amides is 1. The molecule has 0 aromatic heterocycles. The zero-order valence-electron chi connectivity index (χ0n) is 18.0. The quantitative estimate of drug-likeness (QED) is 0.425. The third-order valence-electron chi connectivity index (χ3n) is 5.63. The van der Waals surface area contributed by atoms with Gasteiger partial charge in [-0.2, -0.15) is 0 Å². The second-order valence-electron chi connectivity index (χ2n) is 7.82. The Morgan fingerprint density at radius 2 is 1.87 bits per heavy atom. The van der Waals surface area contributed by atoms with Crippen molar-refractivity contribution in [3.05, 3.63) is 59.7 Å². The van der Waals surface area contributed by atoms with Gasteiger partial charge in [0.25, 0.3) is 0 Å². The molecular formula is C24H30N4O3. The van der Waals surface area contributed by atoms with Gasteiger partial charge in [0.2, 0.25) is 5.91 Å². The molecule has 2 aromatic rings. The first-order valence-electron chi connectivity index (χ1n) is 10.9. The summed E-state index contributed by atoms with van der Waals surface area (Å²) in [6, 6.07) is 16.1. The van der Waals surface area contributed by atoms with Crippen LogP contribution in [0.4, 0.5) is 0 Å². The average Bonchev–Trinajstić information content (AvgIpc) is 2.83. The van der Waals surface area contributed by atoms with Gasteiger partial charge in [-0.3, -0.25) is 9.79 Å². The second-order valence-corrected chi connectivity index (χ2v) is 7.82. The zero-order valence-corrected chi connectivity index (χ0v) is 18.0. The highest BCUT2D eigenvalue weighted by molar-refractivity contribution is 5.80. The Morgan fingerprint density at radius 3 is 2.71 bits per heavy atom. The van der Waals surface area contributed by atoms with Gasteiger partial charge < -0.3 is 25.0 Å². The van der Waals surface area contributed by atoms with Crippen LogP contribution in [0.5, 0.6) is 11.5 Å². The van der Waals surface area contributed by atoms with Gasteiger partial charge in [0.05, 0.1) is 6.54 Å². The Hall–Kier alpha value is -3.22. The Kier molecular flexibility index (Phi) is 6.92. The second kappa shape index (κ2) is 10.2. The van der Waals surface area contributed by atoms with E-state index in [2.05, 4.69) is 33.8 Å². The number of benzene rings is 2. The van der Waals surface area contributed by atoms with Crippen LogP contribution in [0.15, 0.2) is 53.5 Å². The first kappa shape index (κ1) is 21.0. The van der Waals surface area contributed by atoms with Crippen molar-refractivity contribution in [2.75, 3.05) is 33.3 Å². The van der Waals surface area contributed by atoms with Crippen molar-refractivity contribution in [1.82, 2.24) is 15.5 Å². The molecule has 0 aliphatic carbocycles. The van der Waals surface area contributed by atoms with Crippen LogP contribution in [-0.4, -0.2) is 56.2 Å². The molecule has 2 N–H and O–H groups in total. The zero-order chi connectivity index (χ0) is 21.5. The van der Waals surface area contributed by atoms with E-state index < -0.39 is 0 Å². The summed E-state index contributed by atoms with van der Waals surface area (Å²) in [6.45, 7) is 3.28. The van der Waals surface area contributed by atoms with Crippen molar-refractivity contribution >= 4 is 11.9 Å². The summed E-state index contributed by atoms with van der Waals surface area (Å²) in [5.74, 6) is 2.46. The number of nitrogens with one attached hydrogen (secondary N) is 2. The molecule has 0 radical (unpaired) electrons. The Bertz CT molecular complexity index is 931. The highest BCUT2D eigenvalue weighted by Crippen LogP contribution is 2.30. The molecule has 2 aromatic carbocycles. The van der Waals surface area contributed by atoms with Crippen LogP contribution < -0.4 is 20.1 Å². The molecule has 4 rings (SSSR count). The van der Waals surface area contributed by atoms with E-state index in [1.54, 1.807) is 7.05 Å². The van der Waals surface area contributed by atoms with Gasteiger partial charge in [-0.25, -0.2) is 0 Å². The molecule has 0 saturated heterocycles. The van der Waals surface area contributed by atoms with Gasteiger partial charge in [-0.15, -0.1) is 0 Å². The van der Waals surface area contributed by atoms with Crippen molar-refractivity contribution in [1.29, 1.82) is 0 Å². The van der Waals surface area contributed by atoms with Crippen LogP contribution in [0.25, 0.3) is 0 Å². The molecule has 0 bridgehead atoms. The molecule has 2 aliphatic rings. The molecule has 1 amide bonds. The molecule has 164 valence electrons. The summed E-state index contributed by atoms with van der Waals surface area (Å²) in [6.07, 6.45) is 2.14. The molecule has 2 aliphatic heterocycles. The lowest BCUT2D eigenvalue weighted by molar-refractivity contribution is -0.132. The van der Waals surface area contributed by atoms with Crippen LogP contribution in [0.2, 0.25) is 0 Å². The summed E-state index contributed by atoms with van der Waals surface area (Å²) in [5.41, 5.74) is 2.63. The van der Waals surface area contributed by atoms with Gasteiger partial charge in [-0.1, -0.05) is 36.4 Å². The number of rotatable bonds is 6. The molecule has 1 atom stereocenters. The number of fused-ring (bicyclic) bond motifs is 2. The van der Waals surface area contributed by atoms with Crippen molar-refractivity contribution in [3.8, 4) is 11.5 Å². The number of nitrogens with zero attached hydrogens (tertiary/aromatic N) is 2. The number of aliphatic imine (C=N–C) groups is 1. The van der Waals surface area contributed by atoms with Crippen molar-refractivity contribution in [2.45, 2.75) is 31.9 Å². The Morgan fingerprint density at radius 1 is 1.10 bits per heavy atom. The standard InChI is InChI=1S/C24H30N4O3/c1-25-24(27-15-20-17-30-21-9-4-5-10-22(21)31-20)26-13-6-11-23(29)28-14-12-18-7-2-3-8-19(18)16-28/h2-5,7-10,20H,6,11-17H2,1H3,(H2,25,26,27). The summed E-state index contributed by atoms with van der Waals surface area (Å²) < 4.78 is 11.7. The fraction of sp³-hybridized carbons (Fsp3) is 0.417. The maximum Gasteiger partial charge on any atom is 0.222 e. The summed E-state index contributed by atoms with van der Waals surface area (Å²) >= 11 is 0. The number of para-hydroxylation sites is 2. The van der Waals surface area contributed by atoms with Gasteiger partial charge in [-0.05, 0) is 36.1 Å². The van der Waals surface area contributed by atoms with E-state index in [1.165, 1.54) is 11.1 Å². The van der Waals surface area contributed by atoms with E-state index in [-0.39, 0.29) is 12.0 Å². The minimum atomic E-state index is -0.0861. The van der Waals surface area contributed by atoms with Crippen molar-refractivity contribution < 1.29 is 14.3 Å². The lowest BCUT2D eigenvalue weighted by Gasteiger charge is -2.29. The minimum absolute atomic E-state index is 0.0861. The molecule has 2 heterocycles.